The maximum atomic E-state index is 15.5. The lowest BCUT2D eigenvalue weighted by Gasteiger charge is -2.47. The van der Waals surface area contributed by atoms with E-state index in [0.717, 1.165) is 9.87 Å². The van der Waals surface area contributed by atoms with Gasteiger partial charge < -0.3 is 9.47 Å². The second kappa shape index (κ2) is 7.88. The minimum Gasteiger partial charge on any atom is -0.497 e. The largest absolute Gasteiger partial charge is 0.497 e. The molecule has 1 atom stereocenters. The molecule has 162 valence electrons. The molecule has 30 heavy (non-hydrogen) atoms. The Labute approximate surface area is 175 Å². The van der Waals surface area contributed by atoms with Crippen LogP contribution < -0.4 is 4.74 Å². The van der Waals surface area contributed by atoms with Crippen molar-refractivity contribution in [3.8, 4) is 5.75 Å². The lowest BCUT2D eigenvalue weighted by molar-refractivity contribution is -0.252. The summed E-state index contributed by atoms with van der Waals surface area (Å²) in [4.78, 5) is 1.55. The summed E-state index contributed by atoms with van der Waals surface area (Å²) in [5.74, 6) is -3.03. The maximum absolute atomic E-state index is 15.5. The number of ether oxygens (including phenoxy) is 2. The topological polar surface area (TPSA) is 59.1 Å². The molecule has 0 amide bonds. The van der Waals surface area contributed by atoms with Crippen molar-refractivity contribution in [3.05, 3.63) is 60.2 Å². The zero-order chi connectivity index (χ0) is 21.4. The first-order valence-electron chi connectivity index (χ1n) is 9.73. The Morgan fingerprint density at radius 1 is 1.10 bits per heavy atom. The molecule has 0 radical (unpaired) electrons. The second-order valence-electron chi connectivity index (χ2n) is 7.54. The van der Waals surface area contributed by atoms with Crippen LogP contribution in [0.15, 0.2) is 59.5 Å². The van der Waals surface area contributed by atoms with Crippen molar-refractivity contribution in [2.24, 2.45) is 0 Å². The van der Waals surface area contributed by atoms with Crippen LogP contribution in [0.3, 0.4) is 0 Å². The second-order valence-corrected chi connectivity index (χ2v) is 9.40. The summed E-state index contributed by atoms with van der Waals surface area (Å²) >= 11 is 0. The fourth-order valence-electron chi connectivity index (χ4n) is 4.19. The van der Waals surface area contributed by atoms with E-state index < -0.39 is 28.2 Å². The minimum absolute atomic E-state index is 0.0720. The van der Waals surface area contributed by atoms with Crippen molar-refractivity contribution in [1.29, 1.82) is 0 Å². The molecule has 9 heteroatoms. The van der Waals surface area contributed by atoms with E-state index in [1.54, 1.807) is 11.0 Å². The zero-order valence-electron chi connectivity index (χ0n) is 16.6. The van der Waals surface area contributed by atoms with Crippen molar-refractivity contribution in [3.63, 3.8) is 0 Å². The fraction of sp³-hybridized carbons (Fsp3) is 0.429. The van der Waals surface area contributed by atoms with Gasteiger partial charge in [0.1, 0.15) is 5.75 Å². The van der Waals surface area contributed by atoms with E-state index in [9.17, 15) is 8.42 Å². The highest BCUT2D eigenvalue weighted by Gasteiger charge is 2.66. The van der Waals surface area contributed by atoms with Crippen LogP contribution in [0.5, 0.6) is 5.75 Å². The van der Waals surface area contributed by atoms with Crippen LogP contribution in [0.1, 0.15) is 12.0 Å². The van der Waals surface area contributed by atoms with Gasteiger partial charge in [-0.3, -0.25) is 4.90 Å². The molecule has 2 heterocycles. The third-order valence-corrected chi connectivity index (χ3v) is 7.58. The number of hydrogen-bond acceptors (Lipinski definition) is 5. The molecule has 2 aromatic carbocycles. The molecular weight excluding hydrogens is 414 g/mol. The molecule has 0 N–H and O–H groups in total. The molecule has 1 spiro atoms. The van der Waals surface area contributed by atoms with E-state index in [1.165, 1.54) is 25.3 Å². The van der Waals surface area contributed by atoms with Crippen LogP contribution in [0.25, 0.3) is 0 Å². The molecule has 2 aliphatic heterocycles. The molecular formula is C21H24F2N2O4S. The number of rotatable bonds is 5. The Kier molecular flexibility index (Phi) is 5.56. The number of halogens is 2. The highest BCUT2D eigenvalue weighted by molar-refractivity contribution is 7.89. The molecule has 2 aliphatic rings. The van der Waals surface area contributed by atoms with Gasteiger partial charge in [0.15, 0.2) is 0 Å². The predicted octanol–water partition coefficient (Wildman–Crippen LogP) is 2.95. The van der Waals surface area contributed by atoms with Crippen LogP contribution in [0, 0.1) is 0 Å². The molecule has 0 aliphatic carbocycles. The highest BCUT2D eigenvalue weighted by atomic mass is 32.2. The van der Waals surface area contributed by atoms with Gasteiger partial charge in [-0.2, -0.15) is 4.31 Å². The Morgan fingerprint density at radius 2 is 1.87 bits per heavy atom. The number of methoxy groups -OCH3 is 1. The summed E-state index contributed by atoms with van der Waals surface area (Å²) < 4.78 is 68.9. The van der Waals surface area contributed by atoms with E-state index in [2.05, 4.69) is 0 Å². The van der Waals surface area contributed by atoms with E-state index in [1.807, 2.05) is 30.3 Å². The van der Waals surface area contributed by atoms with Crippen molar-refractivity contribution in [1.82, 2.24) is 9.21 Å². The fourth-order valence-corrected chi connectivity index (χ4v) is 5.94. The molecule has 0 aromatic heterocycles. The number of alkyl halides is 2. The minimum atomic E-state index is -4.20. The van der Waals surface area contributed by atoms with Crippen molar-refractivity contribution in [2.45, 2.75) is 29.5 Å². The Bertz CT molecular complexity index is 1000. The third-order valence-electron chi connectivity index (χ3n) is 5.68. The van der Waals surface area contributed by atoms with Crippen LogP contribution in [-0.2, 0) is 21.3 Å². The van der Waals surface area contributed by atoms with Gasteiger partial charge in [-0.25, -0.2) is 17.2 Å². The zero-order valence-corrected chi connectivity index (χ0v) is 17.4. The number of sulfonamides is 1. The van der Waals surface area contributed by atoms with Crippen LogP contribution >= 0.6 is 0 Å². The molecule has 0 saturated carbocycles. The number of nitrogens with zero attached hydrogens (tertiary/aromatic N) is 2. The summed E-state index contributed by atoms with van der Waals surface area (Å²) in [7, 11) is -2.78. The first-order valence-corrected chi connectivity index (χ1v) is 11.2. The Hall–Kier alpha value is -2.07. The van der Waals surface area contributed by atoms with Gasteiger partial charge in [-0.15, -0.1) is 0 Å². The number of piperidine rings is 1. The van der Waals surface area contributed by atoms with E-state index in [0.29, 0.717) is 18.8 Å². The van der Waals surface area contributed by atoms with Crippen LogP contribution in [-0.4, -0.2) is 62.6 Å². The van der Waals surface area contributed by atoms with Gasteiger partial charge in [0.2, 0.25) is 15.7 Å². The number of hydrogen-bond donors (Lipinski definition) is 0. The summed E-state index contributed by atoms with van der Waals surface area (Å²) in [5.41, 5.74) is -1.25. The first kappa shape index (κ1) is 21.2. The van der Waals surface area contributed by atoms with Crippen molar-refractivity contribution >= 4 is 10.0 Å². The van der Waals surface area contributed by atoms with Gasteiger partial charge in [-0.1, -0.05) is 36.4 Å². The molecule has 1 unspecified atom stereocenters. The summed E-state index contributed by atoms with van der Waals surface area (Å²) in [5, 5.41) is 0. The average Bonchev–Trinajstić information content (AvgIpc) is 3.18. The lowest BCUT2D eigenvalue weighted by Crippen LogP contribution is -2.67. The summed E-state index contributed by atoms with van der Waals surface area (Å²) in [6.07, 6.45) is -0.115. The van der Waals surface area contributed by atoms with Crippen LogP contribution in [0.2, 0.25) is 0 Å². The average molecular weight is 438 g/mol. The molecule has 2 fully saturated rings. The normalized spacial score (nSPS) is 24.9. The third kappa shape index (κ3) is 3.60. The van der Waals surface area contributed by atoms with Gasteiger partial charge in [0, 0.05) is 32.1 Å². The molecule has 2 saturated heterocycles. The smallest absolute Gasteiger partial charge is 0.303 e. The van der Waals surface area contributed by atoms with Crippen LogP contribution in [0.4, 0.5) is 8.78 Å². The van der Waals surface area contributed by atoms with E-state index in [4.69, 9.17) is 9.47 Å². The van der Waals surface area contributed by atoms with E-state index >= 15 is 8.78 Å². The standard InChI is InChI=1S/C21H24F2N2O4S/c1-28-18-8-5-9-19(14-18)30(26,27)25-12-13-29-21(25)10-11-24(16-20(21,22)23)15-17-6-3-2-4-7-17/h2-9,14H,10-13,15-16H2,1H3. The number of likely N-dealkylation sites (tertiary alicyclic amines) is 1. The SMILES string of the molecule is COc1cccc(S(=O)(=O)N2CCOC23CCN(Cc2ccccc2)CC3(F)F)c1. The first-order chi connectivity index (χ1) is 14.3. The van der Waals surface area contributed by atoms with Gasteiger partial charge in [0.25, 0.3) is 0 Å². The molecule has 2 aromatic rings. The van der Waals surface area contributed by atoms with Crippen molar-refractivity contribution < 1.29 is 26.7 Å². The Morgan fingerprint density at radius 3 is 2.57 bits per heavy atom. The Balaban J connectivity index is 1.61. The summed E-state index contributed by atoms with van der Waals surface area (Å²) in [6, 6.07) is 15.2. The molecule has 4 rings (SSSR count). The molecule has 6 nitrogen and oxygen atoms in total. The summed E-state index contributed by atoms with van der Waals surface area (Å²) in [6.45, 7) is -0.0962. The van der Waals surface area contributed by atoms with Gasteiger partial charge in [-0.05, 0) is 17.7 Å². The maximum Gasteiger partial charge on any atom is 0.303 e. The lowest BCUT2D eigenvalue weighted by atomic mass is 9.95. The van der Waals surface area contributed by atoms with Gasteiger partial charge >= 0.3 is 5.92 Å². The number of benzene rings is 2. The monoisotopic (exact) mass is 438 g/mol. The molecule has 0 bridgehead atoms. The van der Waals surface area contributed by atoms with E-state index in [-0.39, 0.29) is 24.5 Å². The highest BCUT2D eigenvalue weighted by Crippen LogP contribution is 2.47. The van der Waals surface area contributed by atoms with Gasteiger partial charge in [0.05, 0.1) is 25.2 Å². The van der Waals surface area contributed by atoms with Crippen molar-refractivity contribution in [2.75, 3.05) is 33.4 Å². The quantitative estimate of drug-likeness (QED) is 0.719. The predicted molar refractivity (Wildman–Crippen MR) is 107 cm³/mol.